The molecule has 152 valence electrons. The predicted octanol–water partition coefficient (Wildman–Crippen LogP) is 4.68. The number of anilines is 1. The lowest BCUT2D eigenvalue weighted by atomic mass is 10.1. The Morgan fingerprint density at radius 3 is 2.70 bits per heavy atom. The zero-order chi connectivity index (χ0) is 21.3. The van der Waals surface area contributed by atoms with E-state index in [4.69, 9.17) is 11.6 Å². The van der Waals surface area contributed by atoms with Crippen molar-refractivity contribution in [1.82, 2.24) is 14.5 Å². The summed E-state index contributed by atoms with van der Waals surface area (Å²) in [5, 5.41) is 4.23. The number of carbonyl (C=O) groups is 2. The number of benzene rings is 2. The second kappa shape index (κ2) is 8.38. The molecule has 0 saturated carbocycles. The SMILES string of the molecule is C=C1c2ccccc2C(=O)N1CCC(=O)Nc1cc(Cl)ccc1Sc1nccn1C. The van der Waals surface area contributed by atoms with Crippen LogP contribution in [0.2, 0.25) is 5.02 Å². The van der Waals surface area contributed by atoms with Crippen molar-refractivity contribution >= 4 is 46.6 Å². The van der Waals surface area contributed by atoms with E-state index in [-0.39, 0.29) is 24.8 Å². The fraction of sp³-hybridized carbons (Fsp3) is 0.136. The molecule has 0 saturated heterocycles. The fourth-order valence-corrected chi connectivity index (χ4v) is 4.28. The number of hydrogen-bond acceptors (Lipinski definition) is 4. The molecule has 0 unspecified atom stereocenters. The van der Waals surface area contributed by atoms with Gasteiger partial charge in [0.15, 0.2) is 5.16 Å². The zero-order valence-electron chi connectivity index (χ0n) is 16.3. The maximum Gasteiger partial charge on any atom is 0.258 e. The van der Waals surface area contributed by atoms with Crippen LogP contribution in [0, 0.1) is 0 Å². The van der Waals surface area contributed by atoms with Gasteiger partial charge in [0.25, 0.3) is 5.91 Å². The first-order valence-corrected chi connectivity index (χ1v) is 10.5. The highest BCUT2D eigenvalue weighted by atomic mass is 35.5. The molecule has 1 aliphatic rings. The number of rotatable bonds is 6. The van der Waals surface area contributed by atoms with Crippen molar-refractivity contribution in [2.24, 2.45) is 7.05 Å². The smallest absolute Gasteiger partial charge is 0.258 e. The summed E-state index contributed by atoms with van der Waals surface area (Å²) >= 11 is 7.57. The normalized spacial score (nSPS) is 12.9. The molecule has 3 aromatic rings. The Labute approximate surface area is 183 Å². The molecule has 2 aromatic carbocycles. The van der Waals surface area contributed by atoms with E-state index >= 15 is 0 Å². The summed E-state index contributed by atoms with van der Waals surface area (Å²) in [7, 11) is 1.90. The van der Waals surface area contributed by atoms with Crippen LogP contribution in [0.3, 0.4) is 0 Å². The average molecular weight is 439 g/mol. The predicted molar refractivity (Wildman–Crippen MR) is 119 cm³/mol. The molecule has 4 rings (SSSR count). The Morgan fingerprint density at radius 1 is 1.23 bits per heavy atom. The molecule has 30 heavy (non-hydrogen) atoms. The van der Waals surface area contributed by atoms with Gasteiger partial charge in [-0.25, -0.2) is 4.98 Å². The molecule has 2 heterocycles. The van der Waals surface area contributed by atoms with E-state index in [2.05, 4.69) is 16.9 Å². The highest BCUT2D eigenvalue weighted by molar-refractivity contribution is 7.99. The standard InChI is InChI=1S/C22H19ClN4O2S/c1-14-16-5-3-4-6-17(16)21(29)27(14)11-9-20(28)25-18-13-15(23)7-8-19(18)30-22-24-10-12-26(22)2/h3-8,10,12-13H,1,9,11H2,2H3,(H,25,28). The Kier molecular flexibility index (Phi) is 5.65. The minimum atomic E-state index is -0.212. The van der Waals surface area contributed by atoms with Gasteiger partial charge in [0.05, 0.1) is 5.69 Å². The van der Waals surface area contributed by atoms with E-state index in [0.29, 0.717) is 22.0 Å². The van der Waals surface area contributed by atoms with Gasteiger partial charge in [-0.05, 0) is 36.0 Å². The van der Waals surface area contributed by atoms with Crippen LogP contribution in [0.25, 0.3) is 5.70 Å². The topological polar surface area (TPSA) is 67.2 Å². The van der Waals surface area contributed by atoms with Gasteiger partial charge in [-0.1, -0.05) is 36.4 Å². The molecule has 2 amide bonds. The summed E-state index contributed by atoms with van der Waals surface area (Å²) in [4.78, 5) is 31.9. The van der Waals surface area contributed by atoms with Crippen molar-refractivity contribution in [1.29, 1.82) is 0 Å². The molecule has 0 aliphatic carbocycles. The Balaban J connectivity index is 1.44. The first kappa shape index (κ1) is 20.3. The van der Waals surface area contributed by atoms with Gasteiger partial charge >= 0.3 is 0 Å². The average Bonchev–Trinajstić information content (AvgIpc) is 3.24. The number of imidazole rings is 1. The van der Waals surface area contributed by atoms with Gasteiger partial charge in [0.2, 0.25) is 5.91 Å². The fourth-order valence-electron chi connectivity index (χ4n) is 3.23. The van der Waals surface area contributed by atoms with Gasteiger partial charge in [0.1, 0.15) is 0 Å². The molecule has 0 spiro atoms. The van der Waals surface area contributed by atoms with Crippen LogP contribution in [-0.2, 0) is 11.8 Å². The number of halogens is 1. The number of aryl methyl sites for hydroxylation is 1. The number of hydrogen-bond donors (Lipinski definition) is 1. The number of carbonyl (C=O) groups excluding carboxylic acids is 2. The van der Waals surface area contributed by atoms with Crippen molar-refractivity contribution < 1.29 is 9.59 Å². The van der Waals surface area contributed by atoms with Gasteiger partial charge in [-0.15, -0.1) is 0 Å². The summed E-state index contributed by atoms with van der Waals surface area (Å²) in [6.07, 6.45) is 3.71. The van der Waals surface area contributed by atoms with Crippen molar-refractivity contribution in [2.75, 3.05) is 11.9 Å². The summed E-state index contributed by atoms with van der Waals surface area (Å²) < 4.78 is 1.90. The molecule has 0 bridgehead atoms. The molecule has 0 radical (unpaired) electrons. The van der Waals surface area contributed by atoms with Crippen LogP contribution in [0.5, 0.6) is 0 Å². The zero-order valence-corrected chi connectivity index (χ0v) is 17.8. The van der Waals surface area contributed by atoms with E-state index < -0.39 is 0 Å². The lowest BCUT2D eigenvalue weighted by Gasteiger charge is -2.17. The molecular formula is C22H19ClN4O2S. The summed E-state index contributed by atoms with van der Waals surface area (Å²) in [5.74, 6) is -0.340. The molecule has 8 heteroatoms. The maximum atomic E-state index is 12.6. The van der Waals surface area contributed by atoms with E-state index in [1.165, 1.54) is 11.8 Å². The lowest BCUT2D eigenvalue weighted by Crippen LogP contribution is -2.27. The Bertz CT molecular complexity index is 1120. The van der Waals surface area contributed by atoms with Crippen molar-refractivity contribution in [3.8, 4) is 0 Å². The number of nitrogens with zero attached hydrogens (tertiary/aromatic N) is 3. The first-order chi connectivity index (χ1) is 14.4. The van der Waals surface area contributed by atoms with Crippen LogP contribution in [-0.4, -0.2) is 32.8 Å². The van der Waals surface area contributed by atoms with Crippen LogP contribution >= 0.6 is 23.4 Å². The Morgan fingerprint density at radius 2 is 2.00 bits per heavy atom. The van der Waals surface area contributed by atoms with Gasteiger partial charge < -0.3 is 14.8 Å². The summed E-state index contributed by atoms with van der Waals surface area (Å²) in [6, 6.07) is 12.7. The highest BCUT2D eigenvalue weighted by Crippen LogP contribution is 2.35. The van der Waals surface area contributed by atoms with Crippen LogP contribution < -0.4 is 5.32 Å². The number of amides is 2. The van der Waals surface area contributed by atoms with Gasteiger partial charge in [-0.2, -0.15) is 0 Å². The lowest BCUT2D eigenvalue weighted by molar-refractivity contribution is -0.116. The minimum absolute atomic E-state index is 0.128. The van der Waals surface area contributed by atoms with Crippen molar-refractivity contribution in [2.45, 2.75) is 16.5 Å². The molecule has 0 atom stereocenters. The van der Waals surface area contributed by atoms with Crippen LogP contribution in [0.1, 0.15) is 22.3 Å². The van der Waals surface area contributed by atoms with Gasteiger partial charge in [0, 0.05) is 59.1 Å². The minimum Gasteiger partial charge on any atom is -0.329 e. The van der Waals surface area contributed by atoms with E-state index in [1.54, 1.807) is 29.3 Å². The van der Waals surface area contributed by atoms with Crippen molar-refractivity contribution in [3.63, 3.8) is 0 Å². The maximum absolute atomic E-state index is 12.6. The van der Waals surface area contributed by atoms with Crippen LogP contribution in [0.4, 0.5) is 5.69 Å². The third-order valence-electron chi connectivity index (χ3n) is 4.80. The second-order valence-electron chi connectivity index (χ2n) is 6.81. The third kappa shape index (κ3) is 3.99. The largest absolute Gasteiger partial charge is 0.329 e. The first-order valence-electron chi connectivity index (χ1n) is 9.29. The monoisotopic (exact) mass is 438 g/mol. The molecular weight excluding hydrogens is 420 g/mol. The van der Waals surface area contributed by atoms with Crippen LogP contribution in [0.15, 0.2) is 71.5 Å². The number of fused-ring (bicyclic) bond motifs is 1. The van der Waals surface area contributed by atoms with E-state index in [1.807, 2.05) is 42.1 Å². The molecule has 1 N–H and O–H groups in total. The Hall–Kier alpha value is -3.03. The highest BCUT2D eigenvalue weighted by Gasteiger charge is 2.30. The summed E-state index contributed by atoms with van der Waals surface area (Å²) in [6.45, 7) is 4.26. The second-order valence-corrected chi connectivity index (χ2v) is 8.26. The molecule has 0 fully saturated rings. The van der Waals surface area contributed by atoms with Gasteiger partial charge in [-0.3, -0.25) is 9.59 Å². The molecule has 6 nitrogen and oxygen atoms in total. The third-order valence-corrected chi connectivity index (χ3v) is 6.18. The van der Waals surface area contributed by atoms with E-state index in [0.717, 1.165) is 15.6 Å². The molecule has 1 aromatic heterocycles. The van der Waals surface area contributed by atoms with Crippen molar-refractivity contribution in [3.05, 3.63) is 77.6 Å². The number of aromatic nitrogens is 2. The number of nitrogens with one attached hydrogen (secondary N) is 1. The van der Waals surface area contributed by atoms with E-state index in [9.17, 15) is 9.59 Å². The molecule has 1 aliphatic heterocycles. The summed E-state index contributed by atoms with van der Waals surface area (Å²) in [5.41, 5.74) is 2.66. The quantitative estimate of drug-likeness (QED) is 0.606.